The maximum absolute atomic E-state index is 6.56. The summed E-state index contributed by atoms with van der Waals surface area (Å²) >= 11 is 0. The van der Waals surface area contributed by atoms with Crippen LogP contribution in [0.1, 0.15) is 22.3 Å². The second-order valence-electron chi connectivity index (χ2n) is 14.6. The van der Waals surface area contributed by atoms with Crippen molar-refractivity contribution in [3.63, 3.8) is 0 Å². The Balaban J connectivity index is 1.01. The maximum Gasteiger partial charge on any atom is 0.153 e. The molecule has 0 aliphatic heterocycles. The third kappa shape index (κ3) is 9.32. The summed E-state index contributed by atoms with van der Waals surface area (Å²) in [6.45, 7) is 8.35. The minimum Gasteiger partial charge on any atom is -0.455 e. The Labute approximate surface area is 341 Å². The number of benzene rings is 8. The molecular formula is C52H46N4O2. The highest BCUT2D eigenvalue weighted by molar-refractivity contribution is 5.85. The molecule has 8 aromatic rings. The first-order valence-electron chi connectivity index (χ1n) is 19.5. The van der Waals surface area contributed by atoms with Gasteiger partial charge in [0.1, 0.15) is 22.9 Å². The van der Waals surface area contributed by atoms with E-state index in [1.165, 1.54) is 22.3 Å². The van der Waals surface area contributed by atoms with Crippen LogP contribution >= 0.6 is 0 Å². The molecule has 0 saturated heterocycles. The number of hydrogen-bond donors (Lipinski definition) is 4. The third-order valence-electron chi connectivity index (χ3n) is 9.85. The van der Waals surface area contributed by atoms with Crippen molar-refractivity contribution in [2.24, 2.45) is 0 Å². The highest BCUT2D eigenvalue weighted by Gasteiger charge is 2.15. The number of aryl methyl sites for hydroxylation is 4. The predicted molar refractivity (Wildman–Crippen MR) is 243 cm³/mol. The minimum absolute atomic E-state index is 0.710. The van der Waals surface area contributed by atoms with Gasteiger partial charge in [0.2, 0.25) is 0 Å². The van der Waals surface area contributed by atoms with Gasteiger partial charge < -0.3 is 30.7 Å². The Kier molecular flexibility index (Phi) is 11.1. The molecule has 0 saturated carbocycles. The van der Waals surface area contributed by atoms with E-state index in [9.17, 15) is 0 Å². The summed E-state index contributed by atoms with van der Waals surface area (Å²) in [5.74, 6) is 2.88. The monoisotopic (exact) mass is 758 g/mol. The largest absolute Gasteiger partial charge is 0.455 e. The molecule has 0 aliphatic rings. The molecule has 0 aromatic heterocycles. The SMILES string of the molecule is Cc1ccc(Nc2cccc(Oc3ccc(-c4ccc(Oc5cccc(Nc6ccc(C)cc6)c5Nc5ccc(C)cc5)cc4)cc3)c2Nc2ccc(C)cc2)cc1. The van der Waals surface area contributed by atoms with Crippen LogP contribution in [0.4, 0.5) is 45.5 Å². The van der Waals surface area contributed by atoms with E-state index in [0.717, 1.165) is 68.1 Å². The number of nitrogens with one attached hydrogen (secondary N) is 4. The summed E-state index contributed by atoms with van der Waals surface area (Å²) in [6.07, 6.45) is 0. The summed E-state index contributed by atoms with van der Waals surface area (Å²) < 4.78 is 13.1. The fraction of sp³-hybridized carbons (Fsp3) is 0.0769. The van der Waals surface area contributed by atoms with E-state index in [-0.39, 0.29) is 0 Å². The maximum atomic E-state index is 6.56. The van der Waals surface area contributed by atoms with E-state index in [2.05, 4.69) is 182 Å². The number of para-hydroxylation sites is 2. The first-order valence-corrected chi connectivity index (χ1v) is 19.5. The molecule has 58 heavy (non-hydrogen) atoms. The van der Waals surface area contributed by atoms with Crippen molar-refractivity contribution in [2.75, 3.05) is 21.3 Å². The Morgan fingerprint density at radius 1 is 0.293 bits per heavy atom. The zero-order chi connectivity index (χ0) is 39.8. The van der Waals surface area contributed by atoms with E-state index in [1.54, 1.807) is 0 Å². The fourth-order valence-electron chi connectivity index (χ4n) is 6.53. The predicted octanol–water partition coefficient (Wildman–Crippen LogP) is 15.1. The van der Waals surface area contributed by atoms with Crippen molar-refractivity contribution in [1.82, 2.24) is 0 Å². The van der Waals surface area contributed by atoms with Gasteiger partial charge >= 0.3 is 0 Å². The summed E-state index contributed by atoms with van der Waals surface area (Å²) in [4.78, 5) is 0. The summed E-state index contributed by atoms with van der Waals surface area (Å²) in [5.41, 5.74) is 14.4. The zero-order valence-electron chi connectivity index (χ0n) is 33.1. The van der Waals surface area contributed by atoms with E-state index in [4.69, 9.17) is 9.47 Å². The molecule has 8 rings (SSSR count). The van der Waals surface area contributed by atoms with Crippen LogP contribution in [0.2, 0.25) is 0 Å². The second-order valence-corrected chi connectivity index (χ2v) is 14.6. The van der Waals surface area contributed by atoms with Crippen molar-refractivity contribution >= 4 is 45.5 Å². The van der Waals surface area contributed by atoms with Crippen LogP contribution in [0.5, 0.6) is 23.0 Å². The van der Waals surface area contributed by atoms with E-state index < -0.39 is 0 Å². The molecule has 4 N–H and O–H groups in total. The third-order valence-corrected chi connectivity index (χ3v) is 9.85. The Morgan fingerprint density at radius 2 is 0.586 bits per heavy atom. The number of rotatable bonds is 13. The molecule has 8 aromatic carbocycles. The van der Waals surface area contributed by atoms with Gasteiger partial charge in [0.15, 0.2) is 11.5 Å². The molecule has 0 radical (unpaired) electrons. The summed E-state index contributed by atoms with van der Waals surface area (Å²) in [6, 6.07) is 61.9. The number of hydrogen-bond acceptors (Lipinski definition) is 6. The number of anilines is 8. The van der Waals surface area contributed by atoms with Gasteiger partial charge in [-0.1, -0.05) is 107 Å². The average Bonchev–Trinajstić information content (AvgIpc) is 3.24. The highest BCUT2D eigenvalue weighted by Crippen LogP contribution is 2.41. The Morgan fingerprint density at radius 3 is 0.897 bits per heavy atom. The normalized spacial score (nSPS) is 10.8. The molecule has 0 fully saturated rings. The van der Waals surface area contributed by atoms with Crippen molar-refractivity contribution in [1.29, 1.82) is 0 Å². The number of ether oxygens (including phenoxy) is 2. The fourth-order valence-corrected chi connectivity index (χ4v) is 6.53. The Hall–Kier alpha value is -7.44. The summed E-state index contributed by atoms with van der Waals surface area (Å²) in [5, 5.41) is 14.4. The Bertz CT molecular complexity index is 2420. The quantitative estimate of drug-likeness (QED) is 0.0939. The van der Waals surface area contributed by atoms with Crippen molar-refractivity contribution in [2.45, 2.75) is 27.7 Å². The van der Waals surface area contributed by atoms with E-state index >= 15 is 0 Å². The van der Waals surface area contributed by atoms with E-state index in [1.807, 2.05) is 48.5 Å². The smallest absolute Gasteiger partial charge is 0.153 e. The minimum atomic E-state index is 0.710. The molecular weight excluding hydrogens is 713 g/mol. The average molecular weight is 759 g/mol. The van der Waals surface area contributed by atoms with Crippen LogP contribution in [0, 0.1) is 27.7 Å². The van der Waals surface area contributed by atoms with Crippen molar-refractivity contribution < 1.29 is 9.47 Å². The molecule has 0 heterocycles. The standard InChI is InChI=1S/C52H46N4O2/c1-35-11-23-41(24-12-35)53-47-7-5-9-49(51(47)55-43-27-15-37(3)16-28-43)57-45-31-19-39(20-32-45)40-21-33-46(34-22-40)58-50-10-6-8-48(54-42-25-13-36(2)14-26-42)52(50)56-44-29-17-38(4)18-30-44/h5-34,53-56H,1-4H3. The van der Waals surface area contributed by atoms with Gasteiger partial charge in [-0.05, 0) is 136 Å². The van der Waals surface area contributed by atoms with Crippen LogP contribution in [-0.4, -0.2) is 0 Å². The molecule has 0 bridgehead atoms. The van der Waals surface area contributed by atoms with Gasteiger partial charge in [-0.3, -0.25) is 0 Å². The molecule has 0 atom stereocenters. The second kappa shape index (κ2) is 17.1. The van der Waals surface area contributed by atoms with Gasteiger partial charge in [-0.25, -0.2) is 0 Å². The van der Waals surface area contributed by atoms with Gasteiger partial charge in [0.05, 0.1) is 11.4 Å². The lowest BCUT2D eigenvalue weighted by Crippen LogP contribution is -2.00. The van der Waals surface area contributed by atoms with Crippen molar-refractivity contribution in [3.05, 3.63) is 204 Å². The van der Waals surface area contributed by atoms with Gasteiger partial charge in [-0.2, -0.15) is 0 Å². The molecule has 0 spiro atoms. The van der Waals surface area contributed by atoms with Crippen LogP contribution in [0.15, 0.2) is 182 Å². The van der Waals surface area contributed by atoms with Crippen LogP contribution in [-0.2, 0) is 0 Å². The first kappa shape index (κ1) is 37.5. The van der Waals surface area contributed by atoms with Gasteiger partial charge in [-0.15, -0.1) is 0 Å². The lowest BCUT2D eigenvalue weighted by atomic mass is 10.1. The zero-order valence-corrected chi connectivity index (χ0v) is 33.1. The van der Waals surface area contributed by atoms with Crippen molar-refractivity contribution in [3.8, 4) is 34.1 Å². The first-order chi connectivity index (χ1) is 28.3. The highest BCUT2D eigenvalue weighted by atomic mass is 16.5. The lowest BCUT2D eigenvalue weighted by Gasteiger charge is -2.19. The molecule has 6 heteroatoms. The molecule has 286 valence electrons. The van der Waals surface area contributed by atoms with Crippen LogP contribution in [0.3, 0.4) is 0 Å². The van der Waals surface area contributed by atoms with E-state index in [0.29, 0.717) is 11.5 Å². The molecule has 0 amide bonds. The van der Waals surface area contributed by atoms with Crippen LogP contribution in [0.25, 0.3) is 11.1 Å². The summed E-state index contributed by atoms with van der Waals surface area (Å²) in [7, 11) is 0. The lowest BCUT2D eigenvalue weighted by molar-refractivity contribution is 0.484. The molecule has 0 unspecified atom stereocenters. The molecule has 6 nitrogen and oxygen atoms in total. The topological polar surface area (TPSA) is 66.6 Å². The molecule has 0 aliphatic carbocycles. The van der Waals surface area contributed by atoms with Gasteiger partial charge in [0.25, 0.3) is 0 Å². The van der Waals surface area contributed by atoms with Crippen LogP contribution < -0.4 is 30.7 Å². The van der Waals surface area contributed by atoms with Gasteiger partial charge in [0, 0.05) is 22.7 Å².